The van der Waals surface area contributed by atoms with Crippen molar-refractivity contribution in [3.05, 3.63) is 63.9 Å². The maximum Gasteiger partial charge on any atom is 0.234 e. The van der Waals surface area contributed by atoms with Crippen LogP contribution in [0.25, 0.3) is 0 Å². The minimum atomic E-state index is -0.186. The predicted molar refractivity (Wildman–Crippen MR) is 113 cm³/mol. The number of amides is 1. The van der Waals surface area contributed by atoms with E-state index in [1.807, 2.05) is 35.9 Å². The Labute approximate surface area is 177 Å². The number of hydrogen-bond donors (Lipinski definition) is 1. The van der Waals surface area contributed by atoms with Crippen LogP contribution in [0.2, 0.25) is 10.0 Å². The lowest BCUT2D eigenvalue weighted by atomic mass is 10.1. The van der Waals surface area contributed by atoms with E-state index in [1.54, 1.807) is 25.3 Å². The van der Waals surface area contributed by atoms with Gasteiger partial charge in [0, 0.05) is 18.5 Å². The Kier molecular flexibility index (Phi) is 6.83. The lowest BCUT2D eigenvalue weighted by molar-refractivity contribution is -0.113. The van der Waals surface area contributed by atoms with Crippen LogP contribution in [0.4, 0.5) is 5.69 Å². The van der Waals surface area contributed by atoms with E-state index in [0.29, 0.717) is 27.3 Å². The standard InChI is InChI=1S/C19H18Cl2N4O2S/c1-25-17(9-12-3-6-14(27-2)7-4-12)23-24-19(25)28-11-18(26)22-16-8-5-13(20)10-15(16)21/h3-8,10H,9,11H2,1-2H3,(H,22,26). The van der Waals surface area contributed by atoms with Crippen molar-refractivity contribution in [2.45, 2.75) is 11.6 Å². The fraction of sp³-hybridized carbons (Fsp3) is 0.211. The van der Waals surface area contributed by atoms with E-state index in [4.69, 9.17) is 27.9 Å². The largest absolute Gasteiger partial charge is 0.497 e. The molecule has 2 aromatic carbocycles. The molecule has 0 saturated heterocycles. The molecule has 28 heavy (non-hydrogen) atoms. The summed E-state index contributed by atoms with van der Waals surface area (Å²) >= 11 is 13.2. The Morgan fingerprint density at radius 2 is 1.93 bits per heavy atom. The molecule has 1 aromatic heterocycles. The summed E-state index contributed by atoms with van der Waals surface area (Å²) in [6.45, 7) is 0. The van der Waals surface area contributed by atoms with Gasteiger partial charge in [-0.15, -0.1) is 10.2 Å². The molecule has 0 saturated carbocycles. The van der Waals surface area contributed by atoms with Crippen LogP contribution in [-0.4, -0.2) is 33.5 Å². The maximum absolute atomic E-state index is 12.2. The van der Waals surface area contributed by atoms with Crippen molar-refractivity contribution in [1.82, 2.24) is 14.8 Å². The first-order valence-electron chi connectivity index (χ1n) is 8.35. The highest BCUT2D eigenvalue weighted by Gasteiger charge is 2.13. The highest BCUT2D eigenvalue weighted by atomic mass is 35.5. The number of benzene rings is 2. The fourth-order valence-corrected chi connectivity index (χ4v) is 3.64. The molecule has 0 aliphatic carbocycles. The summed E-state index contributed by atoms with van der Waals surface area (Å²) in [6, 6.07) is 12.7. The number of aromatic nitrogens is 3. The molecule has 0 unspecified atom stereocenters. The summed E-state index contributed by atoms with van der Waals surface area (Å²) < 4.78 is 7.05. The average Bonchev–Trinajstić information content (AvgIpc) is 3.02. The van der Waals surface area contributed by atoms with Crippen LogP contribution >= 0.6 is 35.0 Å². The summed E-state index contributed by atoms with van der Waals surface area (Å²) in [7, 11) is 3.52. The van der Waals surface area contributed by atoms with Gasteiger partial charge in [-0.05, 0) is 35.9 Å². The minimum Gasteiger partial charge on any atom is -0.497 e. The van der Waals surface area contributed by atoms with Gasteiger partial charge in [0.15, 0.2) is 5.16 Å². The summed E-state index contributed by atoms with van der Waals surface area (Å²) in [5.74, 6) is 1.63. The van der Waals surface area contributed by atoms with Crippen molar-refractivity contribution >= 4 is 46.6 Å². The van der Waals surface area contributed by atoms with Gasteiger partial charge < -0.3 is 14.6 Å². The molecule has 0 aliphatic heterocycles. The lowest BCUT2D eigenvalue weighted by Gasteiger charge is -2.07. The van der Waals surface area contributed by atoms with Gasteiger partial charge in [0.2, 0.25) is 5.91 Å². The molecule has 3 rings (SSSR count). The number of nitrogens with one attached hydrogen (secondary N) is 1. The van der Waals surface area contributed by atoms with Crippen molar-refractivity contribution in [3.8, 4) is 5.75 Å². The Bertz CT molecular complexity index is 977. The van der Waals surface area contributed by atoms with Crippen LogP contribution in [0.5, 0.6) is 5.75 Å². The van der Waals surface area contributed by atoms with Crippen LogP contribution in [0.3, 0.4) is 0 Å². The third-order valence-electron chi connectivity index (χ3n) is 3.98. The molecule has 0 fully saturated rings. The second kappa shape index (κ2) is 9.32. The third-order valence-corrected chi connectivity index (χ3v) is 5.55. The number of nitrogens with zero attached hydrogens (tertiary/aromatic N) is 3. The summed E-state index contributed by atoms with van der Waals surface area (Å²) in [4.78, 5) is 12.2. The normalized spacial score (nSPS) is 10.7. The van der Waals surface area contributed by atoms with Crippen molar-refractivity contribution in [1.29, 1.82) is 0 Å². The van der Waals surface area contributed by atoms with Crippen molar-refractivity contribution < 1.29 is 9.53 Å². The molecule has 0 bridgehead atoms. The monoisotopic (exact) mass is 436 g/mol. The number of ether oxygens (including phenoxy) is 1. The number of halogens is 2. The van der Waals surface area contributed by atoms with Gasteiger partial charge >= 0.3 is 0 Å². The summed E-state index contributed by atoms with van der Waals surface area (Å²) in [5, 5.41) is 12.8. The van der Waals surface area contributed by atoms with E-state index in [2.05, 4.69) is 15.5 Å². The van der Waals surface area contributed by atoms with Gasteiger partial charge in [0.05, 0.1) is 23.6 Å². The van der Waals surface area contributed by atoms with E-state index in [1.165, 1.54) is 11.8 Å². The molecule has 1 amide bonds. The SMILES string of the molecule is COc1ccc(Cc2nnc(SCC(=O)Nc3ccc(Cl)cc3Cl)n2C)cc1. The van der Waals surface area contributed by atoms with Crippen LogP contribution in [0.15, 0.2) is 47.6 Å². The average molecular weight is 437 g/mol. The molecule has 0 aliphatic rings. The second-order valence-corrected chi connectivity index (χ2v) is 7.73. The van der Waals surface area contributed by atoms with Crippen LogP contribution in [0, 0.1) is 0 Å². The lowest BCUT2D eigenvalue weighted by Crippen LogP contribution is -2.14. The Balaban J connectivity index is 1.58. The molecular formula is C19H18Cl2N4O2S. The predicted octanol–water partition coefficient (Wildman–Crippen LogP) is 4.45. The first-order valence-corrected chi connectivity index (χ1v) is 10.1. The minimum absolute atomic E-state index is 0.186. The molecule has 0 radical (unpaired) electrons. The summed E-state index contributed by atoms with van der Waals surface area (Å²) in [5.41, 5.74) is 1.62. The van der Waals surface area contributed by atoms with Gasteiger partial charge in [-0.3, -0.25) is 4.79 Å². The third kappa shape index (κ3) is 5.19. The Hall–Kier alpha value is -2.22. The van der Waals surface area contributed by atoms with Crippen LogP contribution in [-0.2, 0) is 18.3 Å². The zero-order valence-electron chi connectivity index (χ0n) is 15.3. The highest BCUT2D eigenvalue weighted by Crippen LogP contribution is 2.26. The fourth-order valence-electron chi connectivity index (χ4n) is 2.46. The smallest absolute Gasteiger partial charge is 0.234 e. The molecule has 0 atom stereocenters. The number of methoxy groups -OCH3 is 1. The second-order valence-electron chi connectivity index (χ2n) is 5.94. The zero-order valence-corrected chi connectivity index (χ0v) is 17.6. The molecule has 1 heterocycles. The van der Waals surface area contributed by atoms with Gasteiger partial charge in [-0.2, -0.15) is 0 Å². The molecule has 146 valence electrons. The molecule has 0 spiro atoms. The van der Waals surface area contributed by atoms with Crippen LogP contribution < -0.4 is 10.1 Å². The quantitative estimate of drug-likeness (QED) is 0.553. The number of carbonyl (C=O) groups excluding carboxylic acids is 1. The van der Waals surface area contributed by atoms with E-state index < -0.39 is 0 Å². The number of anilines is 1. The van der Waals surface area contributed by atoms with E-state index in [9.17, 15) is 4.79 Å². The van der Waals surface area contributed by atoms with Gasteiger partial charge in [0.25, 0.3) is 0 Å². The van der Waals surface area contributed by atoms with E-state index >= 15 is 0 Å². The van der Waals surface area contributed by atoms with Gasteiger partial charge in [-0.25, -0.2) is 0 Å². The number of thioether (sulfide) groups is 1. The Morgan fingerprint density at radius 1 is 1.18 bits per heavy atom. The van der Waals surface area contributed by atoms with E-state index in [-0.39, 0.29) is 11.7 Å². The number of carbonyl (C=O) groups is 1. The maximum atomic E-state index is 12.2. The zero-order chi connectivity index (χ0) is 20.1. The summed E-state index contributed by atoms with van der Waals surface area (Å²) in [6.07, 6.45) is 0.640. The topological polar surface area (TPSA) is 69.0 Å². The highest BCUT2D eigenvalue weighted by molar-refractivity contribution is 7.99. The molecular weight excluding hydrogens is 419 g/mol. The molecule has 1 N–H and O–H groups in total. The molecule has 6 nitrogen and oxygen atoms in total. The number of rotatable bonds is 7. The van der Waals surface area contributed by atoms with Crippen molar-refractivity contribution in [2.24, 2.45) is 7.05 Å². The van der Waals surface area contributed by atoms with Gasteiger partial charge in [0.1, 0.15) is 11.6 Å². The first kappa shape index (κ1) is 20.5. The Morgan fingerprint density at radius 3 is 2.61 bits per heavy atom. The first-order chi connectivity index (χ1) is 13.5. The molecule has 9 heteroatoms. The van der Waals surface area contributed by atoms with Crippen LogP contribution in [0.1, 0.15) is 11.4 Å². The molecule has 3 aromatic rings. The van der Waals surface area contributed by atoms with Crippen molar-refractivity contribution in [2.75, 3.05) is 18.2 Å². The van der Waals surface area contributed by atoms with E-state index in [0.717, 1.165) is 17.1 Å². The van der Waals surface area contributed by atoms with Crippen molar-refractivity contribution in [3.63, 3.8) is 0 Å². The van der Waals surface area contributed by atoms with Gasteiger partial charge in [-0.1, -0.05) is 47.1 Å². The number of hydrogen-bond acceptors (Lipinski definition) is 5.